The summed E-state index contributed by atoms with van der Waals surface area (Å²) in [4.78, 5) is 2.60. The minimum absolute atomic E-state index is 0.663. The first kappa shape index (κ1) is 10.8. The predicted octanol–water partition coefficient (Wildman–Crippen LogP) is 4.19. The third-order valence-electron chi connectivity index (χ3n) is 4.30. The van der Waals surface area contributed by atoms with Crippen LogP contribution in [0.4, 0.5) is 0 Å². The number of hydrogen-bond donors (Lipinski definition) is 0. The number of nitrogens with zero attached hydrogens (tertiary/aromatic N) is 1. The van der Waals surface area contributed by atoms with Gasteiger partial charge in [-0.3, -0.25) is 0 Å². The van der Waals surface area contributed by atoms with E-state index in [-0.39, 0.29) is 0 Å². The van der Waals surface area contributed by atoms with Crippen LogP contribution in [0.2, 0.25) is 0 Å². The molecule has 1 aliphatic carbocycles. The Labute approximate surface area is 103 Å². The van der Waals surface area contributed by atoms with Gasteiger partial charge in [-0.25, -0.2) is 0 Å². The molecule has 0 aromatic carbocycles. The van der Waals surface area contributed by atoms with E-state index in [1.807, 2.05) is 11.8 Å². The van der Waals surface area contributed by atoms with Crippen LogP contribution in [-0.2, 0) is 0 Å². The van der Waals surface area contributed by atoms with Gasteiger partial charge in [0.2, 0.25) is 0 Å². The van der Waals surface area contributed by atoms with Crippen LogP contribution in [-0.4, -0.2) is 11.4 Å². The predicted molar refractivity (Wildman–Crippen MR) is 70.7 cm³/mol. The van der Waals surface area contributed by atoms with Crippen LogP contribution in [0.3, 0.4) is 0 Å². The SMILES string of the molecule is CC(C)C1=CSC2=CCC3CCCC3CN21. The van der Waals surface area contributed by atoms with Crippen LogP contribution in [0.1, 0.15) is 39.5 Å². The fraction of sp³-hybridized carbons (Fsp3) is 0.714. The summed E-state index contributed by atoms with van der Waals surface area (Å²) in [6, 6.07) is 0. The second-order valence-electron chi connectivity index (χ2n) is 5.66. The molecule has 3 rings (SSSR count). The van der Waals surface area contributed by atoms with Gasteiger partial charge >= 0.3 is 0 Å². The molecule has 0 aromatic heterocycles. The van der Waals surface area contributed by atoms with Crippen molar-refractivity contribution in [1.82, 2.24) is 4.90 Å². The molecule has 0 bridgehead atoms. The Morgan fingerprint density at radius 3 is 2.94 bits per heavy atom. The molecular weight excluding hydrogens is 214 g/mol. The van der Waals surface area contributed by atoms with Crippen molar-refractivity contribution in [3.8, 4) is 0 Å². The molecular formula is C14H21NS. The molecule has 88 valence electrons. The van der Waals surface area contributed by atoms with Crippen LogP contribution in [0, 0.1) is 17.8 Å². The van der Waals surface area contributed by atoms with Crippen molar-refractivity contribution < 1.29 is 0 Å². The van der Waals surface area contributed by atoms with Crippen molar-refractivity contribution in [3.63, 3.8) is 0 Å². The summed E-state index contributed by atoms with van der Waals surface area (Å²) in [6.45, 7) is 5.91. The van der Waals surface area contributed by atoms with Gasteiger partial charge in [-0.05, 0) is 42.4 Å². The standard InChI is InChI=1S/C14H21NS/c1-10(2)13-9-16-14-7-6-11-4-3-5-12(11)8-15(13)14/h7,9-12H,3-6,8H2,1-2H3. The second-order valence-corrected chi connectivity index (χ2v) is 6.54. The zero-order valence-electron chi connectivity index (χ0n) is 10.3. The Hall–Kier alpha value is -0.370. The summed E-state index contributed by atoms with van der Waals surface area (Å²) in [6.07, 6.45) is 8.20. The van der Waals surface area contributed by atoms with Gasteiger partial charge in [0.05, 0.1) is 5.03 Å². The molecule has 2 heteroatoms. The molecule has 0 saturated heterocycles. The molecule has 0 spiro atoms. The second kappa shape index (κ2) is 4.14. The average Bonchev–Trinajstić information content (AvgIpc) is 2.81. The summed E-state index contributed by atoms with van der Waals surface area (Å²) in [5.74, 6) is 2.60. The van der Waals surface area contributed by atoms with Crippen LogP contribution in [0.5, 0.6) is 0 Å². The molecule has 3 aliphatic rings. The molecule has 2 atom stereocenters. The van der Waals surface area contributed by atoms with Crippen molar-refractivity contribution in [2.24, 2.45) is 17.8 Å². The average molecular weight is 235 g/mol. The summed E-state index contributed by atoms with van der Waals surface area (Å²) in [5, 5.41) is 3.88. The summed E-state index contributed by atoms with van der Waals surface area (Å²) in [7, 11) is 0. The van der Waals surface area contributed by atoms with Gasteiger partial charge in [-0.2, -0.15) is 0 Å². The van der Waals surface area contributed by atoms with Crippen molar-refractivity contribution in [1.29, 1.82) is 0 Å². The van der Waals surface area contributed by atoms with Crippen molar-refractivity contribution in [3.05, 3.63) is 22.2 Å². The smallest absolute Gasteiger partial charge is 0.0752 e. The number of allylic oxidation sites excluding steroid dienone is 2. The van der Waals surface area contributed by atoms with Gasteiger partial charge in [0.15, 0.2) is 0 Å². The number of thioether (sulfide) groups is 1. The van der Waals surface area contributed by atoms with Crippen molar-refractivity contribution >= 4 is 11.8 Å². The lowest BCUT2D eigenvalue weighted by atomic mass is 9.93. The lowest BCUT2D eigenvalue weighted by Gasteiger charge is -2.28. The Balaban J connectivity index is 1.84. The largest absolute Gasteiger partial charge is 0.339 e. The number of rotatable bonds is 1. The van der Waals surface area contributed by atoms with Gasteiger partial charge in [-0.15, -0.1) is 0 Å². The molecule has 2 heterocycles. The van der Waals surface area contributed by atoms with Crippen LogP contribution >= 0.6 is 11.8 Å². The van der Waals surface area contributed by atoms with E-state index in [4.69, 9.17) is 0 Å². The fourth-order valence-corrected chi connectivity index (χ4v) is 4.47. The zero-order chi connectivity index (χ0) is 11.1. The molecule has 2 unspecified atom stereocenters. The topological polar surface area (TPSA) is 3.24 Å². The van der Waals surface area contributed by atoms with E-state index in [2.05, 4.69) is 30.2 Å². The Bertz CT molecular complexity index is 343. The highest BCUT2D eigenvalue weighted by atomic mass is 32.2. The molecule has 1 saturated carbocycles. The highest BCUT2D eigenvalue weighted by molar-refractivity contribution is 8.06. The molecule has 0 aromatic rings. The normalized spacial score (nSPS) is 33.3. The van der Waals surface area contributed by atoms with Crippen LogP contribution in [0.25, 0.3) is 0 Å². The first-order valence-corrected chi connectivity index (χ1v) is 7.48. The molecule has 1 fully saturated rings. The van der Waals surface area contributed by atoms with E-state index in [0.29, 0.717) is 5.92 Å². The van der Waals surface area contributed by atoms with E-state index in [0.717, 1.165) is 11.8 Å². The zero-order valence-corrected chi connectivity index (χ0v) is 11.1. The molecule has 0 N–H and O–H groups in total. The Morgan fingerprint density at radius 2 is 2.12 bits per heavy atom. The van der Waals surface area contributed by atoms with E-state index >= 15 is 0 Å². The van der Waals surface area contributed by atoms with E-state index in [9.17, 15) is 0 Å². The van der Waals surface area contributed by atoms with E-state index in [1.165, 1.54) is 37.3 Å². The monoisotopic (exact) mass is 235 g/mol. The number of fused-ring (bicyclic) bond motifs is 2. The van der Waals surface area contributed by atoms with Gasteiger partial charge in [-0.1, -0.05) is 38.1 Å². The maximum Gasteiger partial charge on any atom is 0.0752 e. The van der Waals surface area contributed by atoms with Crippen LogP contribution in [0.15, 0.2) is 22.2 Å². The Kier molecular flexibility index (Phi) is 2.78. The van der Waals surface area contributed by atoms with Crippen molar-refractivity contribution in [2.45, 2.75) is 39.5 Å². The summed E-state index contributed by atoms with van der Waals surface area (Å²) < 4.78 is 0. The molecule has 1 nitrogen and oxygen atoms in total. The molecule has 16 heavy (non-hydrogen) atoms. The lowest BCUT2D eigenvalue weighted by molar-refractivity contribution is 0.299. The first-order chi connectivity index (χ1) is 7.75. The quantitative estimate of drug-likeness (QED) is 0.670. The van der Waals surface area contributed by atoms with Gasteiger partial charge in [0.25, 0.3) is 0 Å². The van der Waals surface area contributed by atoms with Gasteiger partial charge in [0, 0.05) is 12.2 Å². The molecule has 0 amide bonds. The third-order valence-corrected chi connectivity index (χ3v) is 5.29. The maximum atomic E-state index is 2.60. The number of hydrogen-bond acceptors (Lipinski definition) is 2. The third kappa shape index (κ3) is 1.71. The minimum Gasteiger partial charge on any atom is -0.339 e. The minimum atomic E-state index is 0.663. The molecule has 0 radical (unpaired) electrons. The highest BCUT2D eigenvalue weighted by Gasteiger charge is 2.34. The van der Waals surface area contributed by atoms with Crippen molar-refractivity contribution in [2.75, 3.05) is 6.54 Å². The highest BCUT2D eigenvalue weighted by Crippen LogP contribution is 2.45. The van der Waals surface area contributed by atoms with Gasteiger partial charge in [0.1, 0.15) is 0 Å². The fourth-order valence-electron chi connectivity index (χ4n) is 3.33. The van der Waals surface area contributed by atoms with Crippen LogP contribution < -0.4 is 0 Å². The van der Waals surface area contributed by atoms with Gasteiger partial charge < -0.3 is 4.90 Å². The van der Waals surface area contributed by atoms with E-state index in [1.54, 1.807) is 5.70 Å². The first-order valence-electron chi connectivity index (χ1n) is 6.60. The summed E-state index contributed by atoms with van der Waals surface area (Å²) >= 11 is 1.94. The van der Waals surface area contributed by atoms with E-state index < -0.39 is 0 Å². The summed E-state index contributed by atoms with van der Waals surface area (Å²) in [5.41, 5.74) is 1.55. The maximum absolute atomic E-state index is 2.60. The Morgan fingerprint density at radius 1 is 1.31 bits per heavy atom. The molecule has 2 aliphatic heterocycles. The lowest BCUT2D eigenvalue weighted by Crippen LogP contribution is -2.26.